The molecule has 0 spiro atoms. The molecule has 0 aromatic heterocycles. The molecule has 0 aromatic rings. The highest BCUT2D eigenvalue weighted by Gasteiger charge is 2.29. The Morgan fingerprint density at radius 2 is 1.17 bits per heavy atom. The summed E-state index contributed by atoms with van der Waals surface area (Å²) in [6.45, 7) is 0. The molecule has 0 radical (unpaired) electrons. The van der Waals surface area contributed by atoms with Crippen LogP contribution >= 0.6 is 0 Å². The number of aliphatic hydroxyl groups is 2. The van der Waals surface area contributed by atoms with Gasteiger partial charge in [-0.25, -0.2) is 9.59 Å². The number of hydrogen-bond donors (Lipinski definition) is 6. The Morgan fingerprint density at radius 3 is 1.33 bits per heavy atom. The van der Waals surface area contributed by atoms with Gasteiger partial charge in [0.15, 0.2) is 12.2 Å². The van der Waals surface area contributed by atoms with E-state index in [-0.39, 0.29) is 12.1 Å². The van der Waals surface area contributed by atoms with E-state index in [0.29, 0.717) is 0 Å². The largest absolute Gasteiger partial charge is 0.479 e. The number of aliphatic carboxylic acids is 2. The van der Waals surface area contributed by atoms with Crippen molar-refractivity contribution in [3.8, 4) is 0 Å². The average Bonchev–Trinajstić information content (AvgIpc) is 2.31. The monoisotopic (exact) mass is 264 g/mol. The van der Waals surface area contributed by atoms with Crippen LogP contribution < -0.4 is 11.5 Å². The van der Waals surface area contributed by atoms with E-state index in [1.165, 1.54) is 12.8 Å². The number of nitrogens with two attached hydrogens (primary N) is 2. The maximum atomic E-state index is 9.77. The van der Waals surface area contributed by atoms with Crippen LogP contribution in [0, 0.1) is 0 Å². The lowest BCUT2D eigenvalue weighted by atomic mass is 9.92. The smallest absolute Gasteiger partial charge is 0.335 e. The van der Waals surface area contributed by atoms with Crippen LogP contribution in [0.15, 0.2) is 0 Å². The summed E-state index contributed by atoms with van der Waals surface area (Å²) in [5, 5.41) is 32.5. The van der Waals surface area contributed by atoms with E-state index >= 15 is 0 Å². The Labute approximate surface area is 104 Å². The van der Waals surface area contributed by atoms with Crippen LogP contribution in [0.5, 0.6) is 0 Å². The van der Waals surface area contributed by atoms with Crippen molar-refractivity contribution in [3.05, 3.63) is 0 Å². The van der Waals surface area contributed by atoms with Crippen molar-refractivity contribution in [2.75, 3.05) is 0 Å². The van der Waals surface area contributed by atoms with Gasteiger partial charge in [-0.3, -0.25) is 0 Å². The van der Waals surface area contributed by atoms with Crippen molar-refractivity contribution in [1.82, 2.24) is 0 Å². The summed E-state index contributed by atoms with van der Waals surface area (Å²) in [6, 6.07) is 0.562. The Kier molecular flexibility index (Phi) is 7.44. The topological polar surface area (TPSA) is 167 Å². The van der Waals surface area contributed by atoms with Crippen LogP contribution in [0.3, 0.4) is 0 Å². The molecule has 8 heteroatoms. The Morgan fingerprint density at radius 1 is 0.889 bits per heavy atom. The van der Waals surface area contributed by atoms with Crippen LogP contribution in [0.2, 0.25) is 0 Å². The molecule has 4 atom stereocenters. The molecular formula is C10H20N2O6. The highest BCUT2D eigenvalue weighted by atomic mass is 16.4. The summed E-state index contributed by atoms with van der Waals surface area (Å²) in [5.41, 5.74) is 11.3. The lowest BCUT2D eigenvalue weighted by Gasteiger charge is -2.24. The number of hydrogen-bond acceptors (Lipinski definition) is 6. The van der Waals surface area contributed by atoms with Crippen LogP contribution in [-0.2, 0) is 9.59 Å². The van der Waals surface area contributed by atoms with Crippen LogP contribution in [0.25, 0.3) is 0 Å². The molecule has 0 heterocycles. The first-order chi connectivity index (χ1) is 8.27. The zero-order valence-electron chi connectivity index (χ0n) is 9.90. The first-order valence-corrected chi connectivity index (χ1v) is 5.60. The third-order valence-electron chi connectivity index (χ3n) is 2.68. The fraction of sp³-hybridized carbons (Fsp3) is 0.800. The van der Waals surface area contributed by atoms with E-state index in [0.717, 1.165) is 12.8 Å². The third kappa shape index (κ3) is 5.92. The van der Waals surface area contributed by atoms with E-state index < -0.39 is 24.1 Å². The van der Waals surface area contributed by atoms with E-state index in [4.69, 9.17) is 31.9 Å². The molecule has 0 aliphatic heterocycles. The van der Waals surface area contributed by atoms with Gasteiger partial charge < -0.3 is 31.9 Å². The van der Waals surface area contributed by atoms with Crippen molar-refractivity contribution in [3.63, 3.8) is 0 Å². The second kappa shape index (κ2) is 7.98. The van der Waals surface area contributed by atoms with Crippen molar-refractivity contribution < 1.29 is 30.0 Å². The van der Waals surface area contributed by atoms with Gasteiger partial charge in [-0.1, -0.05) is 12.8 Å². The molecule has 0 saturated heterocycles. The SMILES string of the molecule is N[C@H]1CCCC[C@@H]1N.O=C(O)[C@@H](O)[C@H](O)C(=O)O. The predicted octanol–water partition coefficient (Wildman–Crippen LogP) is -1.91. The molecule has 1 aliphatic carbocycles. The number of carboxylic acids is 2. The summed E-state index contributed by atoms with van der Waals surface area (Å²) in [5.74, 6) is -3.54. The molecule has 8 nitrogen and oxygen atoms in total. The molecule has 0 aromatic carbocycles. The van der Waals surface area contributed by atoms with Gasteiger partial charge in [0.25, 0.3) is 0 Å². The van der Waals surface area contributed by atoms with Gasteiger partial charge in [-0.05, 0) is 12.8 Å². The predicted molar refractivity (Wildman–Crippen MR) is 61.7 cm³/mol. The molecule has 0 bridgehead atoms. The van der Waals surface area contributed by atoms with Gasteiger partial charge in [0, 0.05) is 12.1 Å². The van der Waals surface area contributed by atoms with Gasteiger partial charge in [0.1, 0.15) is 0 Å². The molecule has 0 amide bonds. The lowest BCUT2D eigenvalue weighted by Crippen LogP contribution is -2.43. The Balaban J connectivity index is 0.000000327. The highest BCUT2D eigenvalue weighted by Crippen LogP contribution is 2.14. The van der Waals surface area contributed by atoms with Crippen molar-refractivity contribution in [1.29, 1.82) is 0 Å². The molecular weight excluding hydrogens is 244 g/mol. The molecule has 0 unspecified atom stereocenters. The van der Waals surface area contributed by atoms with Crippen LogP contribution in [-0.4, -0.2) is 56.7 Å². The lowest BCUT2D eigenvalue weighted by molar-refractivity contribution is -0.165. The summed E-state index contributed by atoms with van der Waals surface area (Å²) < 4.78 is 0. The minimum Gasteiger partial charge on any atom is -0.479 e. The van der Waals surface area contributed by atoms with Gasteiger partial charge in [-0.15, -0.1) is 0 Å². The standard InChI is InChI=1S/C6H14N2.C4H6O6/c7-5-3-1-2-4-6(5)8;5-1(3(7)8)2(6)4(9)10/h5-6H,1-4,7-8H2;1-2,5-6H,(H,7,8)(H,9,10)/t5-,6-;1-,2-/m00/s1. The van der Waals surface area contributed by atoms with Crippen LogP contribution in [0.1, 0.15) is 25.7 Å². The second-order valence-electron chi connectivity index (χ2n) is 4.18. The number of aliphatic hydroxyl groups excluding tert-OH is 2. The van der Waals surface area contributed by atoms with E-state index in [1.807, 2.05) is 0 Å². The van der Waals surface area contributed by atoms with Gasteiger partial charge in [0.2, 0.25) is 0 Å². The maximum absolute atomic E-state index is 9.77. The van der Waals surface area contributed by atoms with Gasteiger partial charge in [-0.2, -0.15) is 0 Å². The van der Waals surface area contributed by atoms with Gasteiger partial charge >= 0.3 is 11.9 Å². The normalized spacial score (nSPS) is 26.4. The number of rotatable bonds is 3. The number of carbonyl (C=O) groups is 2. The molecule has 8 N–H and O–H groups in total. The van der Waals surface area contributed by atoms with E-state index in [9.17, 15) is 9.59 Å². The van der Waals surface area contributed by atoms with Crippen LogP contribution in [0.4, 0.5) is 0 Å². The van der Waals surface area contributed by atoms with Crippen molar-refractivity contribution in [2.24, 2.45) is 11.5 Å². The quantitative estimate of drug-likeness (QED) is 0.343. The summed E-state index contributed by atoms with van der Waals surface area (Å²) >= 11 is 0. The summed E-state index contributed by atoms with van der Waals surface area (Å²) in [7, 11) is 0. The second-order valence-corrected chi connectivity index (χ2v) is 4.18. The fourth-order valence-corrected chi connectivity index (χ4v) is 1.46. The molecule has 1 rings (SSSR count). The van der Waals surface area contributed by atoms with E-state index in [1.54, 1.807) is 0 Å². The van der Waals surface area contributed by atoms with Crippen molar-refractivity contribution in [2.45, 2.75) is 50.0 Å². The molecule has 1 fully saturated rings. The molecule has 106 valence electrons. The maximum Gasteiger partial charge on any atom is 0.335 e. The fourth-order valence-electron chi connectivity index (χ4n) is 1.46. The van der Waals surface area contributed by atoms with E-state index in [2.05, 4.69) is 0 Å². The Hall–Kier alpha value is -1.22. The first kappa shape index (κ1) is 16.8. The Bertz CT molecular complexity index is 258. The highest BCUT2D eigenvalue weighted by molar-refractivity contribution is 5.83. The average molecular weight is 264 g/mol. The van der Waals surface area contributed by atoms with Gasteiger partial charge in [0.05, 0.1) is 0 Å². The summed E-state index contributed by atoms with van der Waals surface area (Å²) in [6.07, 6.45) is 0.265. The zero-order chi connectivity index (χ0) is 14.3. The van der Waals surface area contributed by atoms with Crippen molar-refractivity contribution >= 4 is 11.9 Å². The number of carboxylic acid groups (broad SMARTS) is 2. The minimum atomic E-state index is -2.27. The third-order valence-corrected chi connectivity index (χ3v) is 2.68. The molecule has 1 saturated carbocycles. The first-order valence-electron chi connectivity index (χ1n) is 5.60. The zero-order valence-corrected chi connectivity index (χ0v) is 9.90. The molecule has 1 aliphatic rings. The minimum absolute atomic E-state index is 0.281. The summed E-state index contributed by atoms with van der Waals surface area (Å²) in [4.78, 5) is 19.5. The molecule has 18 heavy (non-hydrogen) atoms.